The highest BCUT2D eigenvalue weighted by atomic mass is 19.2. The number of benzene rings is 1. The maximum absolute atomic E-state index is 13.6. The van der Waals surface area contributed by atoms with Crippen molar-refractivity contribution in [2.45, 2.75) is 0 Å². The van der Waals surface area contributed by atoms with Crippen LogP contribution in [0.3, 0.4) is 0 Å². The van der Waals surface area contributed by atoms with Crippen LogP contribution in [0, 0.1) is 68.6 Å². The zero-order chi connectivity index (χ0) is 15.4. The number of rotatable bonds is 0. The van der Waals surface area contributed by atoms with Crippen LogP contribution in [0.15, 0.2) is 0 Å². The highest BCUT2D eigenvalue weighted by Gasteiger charge is 2.22. The van der Waals surface area contributed by atoms with Crippen LogP contribution in [-0.4, -0.2) is 0 Å². The minimum absolute atomic E-state index is 1.09. The first-order chi connectivity index (χ1) is 9.44. The fraction of sp³-hybridized carbons (Fsp3) is 0. The van der Waals surface area contributed by atoms with Crippen molar-refractivity contribution < 1.29 is 17.6 Å². The van der Waals surface area contributed by atoms with Crippen LogP contribution < -0.4 is 10.4 Å². The van der Waals surface area contributed by atoms with Crippen molar-refractivity contribution in [2.75, 3.05) is 0 Å². The summed E-state index contributed by atoms with van der Waals surface area (Å²) in [4.78, 5) is 0. The second-order valence-electron chi connectivity index (χ2n) is 3.20. The topological polar surface area (TPSA) is 95.2 Å². The molecule has 0 aromatic heterocycles. The molecule has 96 valence electrons. The van der Waals surface area contributed by atoms with Crippen LogP contribution in [0.4, 0.5) is 17.6 Å². The van der Waals surface area contributed by atoms with Crippen LogP contribution in [0.1, 0.15) is 0 Å². The smallest absolute Gasteiger partial charge is 0.171 e. The minimum Gasteiger partial charge on any atom is -0.203 e. The van der Waals surface area contributed by atoms with Crippen LogP contribution >= 0.6 is 0 Å². The first-order valence-corrected chi connectivity index (χ1v) is 4.65. The number of nitrogens with zero attached hydrogens (tertiary/aromatic N) is 4. The van der Waals surface area contributed by atoms with Gasteiger partial charge in [0.25, 0.3) is 0 Å². The lowest BCUT2D eigenvalue weighted by Crippen LogP contribution is -2.31. The molecule has 1 rings (SSSR count). The van der Waals surface area contributed by atoms with Gasteiger partial charge in [-0.25, -0.2) is 17.6 Å². The molecule has 0 aliphatic heterocycles. The van der Waals surface area contributed by atoms with Crippen molar-refractivity contribution >= 4 is 11.1 Å². The molecule has 0 atom stereocenters. The molecule has 1 aromatic rings. The zero-order valence-electron chi connectivity index (χ0n) is 9.30. The van der Waals surface area contributed by atoms with E-state index in [1.165, 1.54) is 0 Å². The van der Waals surface area contributed by atoms with Gasteiger partial charge in [0.15, 0.2) is 23.3 Å². The van der Waals surface area contributed by atoms with E-state index in [4.69, 9.17) is 21.0 Å². The van der Waals surface area contributed by atoms with Gasteiger partial charge in [-0.1, -0.05) is 0 Å². The number of nitriles is 4. The van der Waals surface area contributed by atoms with Gasteiger partial charge < -0.3 is 0 Å². The average Bonchev–Trinajstić information content (AvgIpc) is 2.46. The van der Waals surface area contributed by atoms with E-state index in [1.807, 2.05) is 0 Å². The van der Waals surface area contributed by atoms with E-state index in [0.717, 1.165) is 24.3 Å². The molecular weight excluding hydrogens is 278 g/mol. The lowest BCUT2D eigenvalue weighted by atomic mass is 10.1. The molecular formula is C12F4N4. The molecule has 20 heavy (non-hydrogen) atoms. The molecule has 0 aliphatic carbocycles. The van der Waals surface area contributed by atoms with Gasteiger partial charge >= 0.3 is 0 Å². The van der Waals surface area contributed by atoms with Crippen molar-refractivity contribution in [1.29, 1.82) is 21.0 Å². The van der Waals surface area contributed by atoms with Crippen LogP contribution in [0.2, 0.25) is 0 Å². The van der Waals surface area contributed by atoms with Crippen molar-refractivity contribution in [1.82, 2.24) is 0 Å². The van der Waals surface area contributed by atoms with Crippen LogP contribution in [0.5, 0.6) is 0 Å². The average molecular weight is 278 g/mol. The first kappa shape index (κ1) is 14.7. The number of halogens is 4. The van der Waals surface area contributed by atoms with Gasteiger partial charge in [0.1, 0.15) is 35.4 Å². The predicted molar refractivity (Wildman–Crippen MR) is 54.8 cm³/mol. The largest absolute Gasteiger partial charge is 0.203 e. The molecule has 8 heteroatoms. The zero-order valence-corrected chi connectivity index (χ0v) is 9.30. The maximum atomic E-state index is 13.6. The normalized spacial score (nSPS) is 8.80. The van der Waals surface area contributed by atoms with Crippen molar-refractivity contribution in [3.05, 3.63) is 33.7 Å². The lowest BCUT2D eigenvalue weighted by molar-refractivity contribution is 0.434. The summed E-state index contributed by atoms with van der Waals surface area (Å²) in [6, 6.07) is 4.34. The van der Waals surface area contributed by atoms with E-state index in [0.29, 0.717) is 0 Å². The van der Waals surface area contributed by atoms with Crippen molar-refractivity contribution in [3.63, 3.8) is 0 Å². The Kier molecular flexibility index (Phi) is 4.06. The second kappa shape index (κ2) is 5.52. The molecule has 0 unspecified atom stereocenters. The Morgan fingerprint density at radius 2 is 0.750 bits per heavy atom. The molecule has 4 nitrogen and oxygen atoms in total. The monoisotopic (exact) mass is 278 g/mol. The molecule has 0 spiro atoms. The van der Waals surface area contributed by atoms with Gasteiger partial charge in [-0.05, 0) is 0 Å². The summed E-state index contributed by atoms with van der Waals surface area (Å²) in [5.74, 6) is -8.11. The Balaban J connectivity index is 4.35. The Bertz CT molecular complexity index is 746. The summed E-state index contributed by atoms with van der Waals surface area (Å²) in [7, 11) is 0. The van der Waals surface area contributed by atoms with E-state index in [-0.39, 0.29) is 0 Å². The maximum Gasteiger partial charge on any atom is 0.171 e. The van der Waals surface area contributed by atoms with Gasteiger partial charge in [0.2, 0.25) is 0 Å². The molecule has 0 saturated carbocycles. The van der Waals surface area contributed by atoms with Crippen LogP contribution in [-0.2, 0) is 0 Å². The minimum atomic E-state index is -2.03. The molecule has 0 bridgehead atoms. The van der Waals surface area contributed by atoms with E-state index < -0.39 is 44.9 Å². The first-order valence-electron chi connectivity index (χ1n) is 4.65. The van der Waals surface area contributed by atoms with Gasteiger partial charge in [-0.2, -0.15) is 21.0 Å². The fourth-order valence-electron chi connectivity index (χ4n) is 1.34. The molecule has 0 heterocycles. The van der Waals surface area contributed by atoms with E-state index in [9.17, 15) is 17.6 Å². The van der Waals surface area contributed by atoms with E-state index >= 15 is 0 Å². The Hall–Kier alpha value is -3.36. The molecule has 0 amide bonds. The Morgan fingerprint density at radius 1 is 0.550 bits per heavy atom. The third kappa shape index (κ3) is 2.03. The molecule has 0 radical (unpaired) electrons. The summed E-state index contributed by atoms with van der Waals surface area (Å²) in [6.45, 7) is 0. The number of hydrogen-bond donors (Lipinski definition) is 0. The van der Waals surface area contributed by atoms with E-state index in [1.54, 1.807) is 0 Å². The molecule has 0 aliphatic rings. The third-order valence-corrected chi connectivity index (χ3v) is 2.21. The highest BCUT2D eigenvalue weighted by molar-refractivity contribution is 5.74. The van der Waals surface area contributed by atoms with Gasteiger partial charge in [-0.15, -0.1) is 0 Å². The standard InChI is InChI=1S/C12F4N4/c13-9-7(5(1-17)2-18)10(14)12(16)8(11(9)15)6(3-19)4-20/i1+1,2+1. The highest BCUT2D eigenvalue weighted by Crippen LogP contribution is 2.06. The summed E-state index contributed by atoms with van der Waals surface area (Å²) in [5, 5.41) is 31.0. The summed E-state index contributed by atoms with van der Waals surface area (Å²) in [6.07, 6.45) is 0. The van der Waals surface area contributed by atoms with Crippen LogP contribution in [0.25, 0.3) is 11.1 Å². The summed E-state index contributed by atoms with van der Waals surface area (Å²) in [5.41, 5.74) is -2.36. The van der Waals surface area contributed by atoms with Gasteiger partial charge in [0.05, 0.1) is 10.4 Å². The number of hydrogen-bond acceptors (Lipinski definition) is 4. The molecule has 0 saturated heterocycles. The van der Waals surface area contributed by atoms with Crippen molar-refractivity contribution in [3.8, 4) is 24.3 Å². The Labute approximate surface area is 108 Å². The summed E-state index contributed by atoms with van der Waals surface area (Å²) < 4.78 is 54.5. The SMILES string of the molecule is N#CC(C#N)=c1c(F)c(F)c(=C([13C]#N)[13C]#N)c(F)c1F. The molecule has 1 aromatic carbocycles. The van der Waals surface area contributed by atoms with E-state index in [2.05, 4.69) is 0 Å². The Morgan fingerprint density at radius 3 is 0.900 bits per heavy atom. The van der Waals surface area contributed by atoms with Gasteiger partial charge in [0, 0.05) is 0 Å². The van der Waals surface area contributed by atoms with Crippen molar-refractivity contribution in [2.24, 2.45) is 0 Å². The quantitative estimate of drug-likeness (QED) is 0.395. The summed E-state index contributed by atoms with van der Waals surface area (Å²) >= 11 is 0. The second-order valence-corrected chi connectivity index (χ2v) is 3.20. The molecule has 0 fully saturated rings. The molecule has 0 N–H and O–H groups in total. The third-order valence-electron chi connectivity index (χ3n) is 2.21. The predicted octanol–water partition coefficient (Wildman–Crippen LogP) is 0.639. The lowest BCUT2D eigenvalue weighted by Gasteiger charge is -2.01. The fourth-order valence-corrected chi connectivity index (χ4v) is 1.34. The van der Waals surface area contributed by atoms with Gasteiger partial charge in [-0.3, -0.25) is 0 Å².